The summed E-state index contributed by atoms with van der Waals surface area (Å²) in [5.41, 5.74) is 0. The molecule has 0 saturated heterocycles. The molecule has 0 atom stereocenters. The van der Waals surface area contributed by atoms with Crippen molar-refractivity contribution < 1.29 is 4.39 Å². The maximum Gasteiger partial charge on any atom is 0.213 e. The Morgan fingerprint density at radius 1 is 1.27 bits per heavy atom. The van der Waals surface area contributed by atoms with Crippen LogP contribution in [0.3, 0.4) is 0 Å². The van der Waals surface area contributed by atoms with Crippen LogP contribution in [0.2, 0.25) is 0 Å². The van der Waals surface area contributed by atoms with Gasteiger partial charge < -0.3 is 0 Å². The molecular formula is C8H4FN2. The molecular weight excluding hydrogens is 143 g/mol. The van der Waals surface area contributed by atoms with Gasteiger partial charge in [0.1, 0.15) is 0 Å². The van der Waals surface area contributed by atoms with Crippen molar-refractivity contribution in [3.8, 4) is 0 Å². The highest BCUT2D eigenvalue weighted by Crippen LogP contribution is 2.09. The first-order valence-corrected chi connectivity index (χ1v) is 3.13. The van der Waals surface area contributed by atoms with Gasteiger partial charge in [-0.3, -0.25) is 4.98 Å². The van der Waals surface area contributed by atoms with E-state index in [1.54, 1.807) is 12.3 Å². The third-order valence-corrected chi connectivity index (χ3v) is 1.43. The molecule has 3 heteroatoms. The molecule has 2 rings (SSSR count). The largest absolute Gasteiger partial charge is 0.254 e. The zero-order valence-electron chi connectivity index (χ0n) is 5.58. The van der Waals surface area contributed by atoms with Gasteiger partial charge in [0.25, 0.3) is 0 Å². The van der Waals surface area contributed by atoms with E-state index < -0.39 is 5.95 Å². The van der Waals surface area contributed by atoms with Crippen LogP contribution in [0.25, 0.3) is 10.8 Å². The fourth-order valence-corrected chi connectivity index (χ4v) is 0.901. The summed E-state index contributed by atoms with van der Waals surface area (Å²) >= 11 is 0. The number of pyridine rings is 2. The van der Waals surface area contributed by atoms with E-state index in [0.29, 0.717) is 0 Å². The number of nitrogens with zero attached hydrogens (tertiary/aromatic N) is 2. The molecule has 2 aromatic heterocycles. The summed E-state index contributed by atoms with van der Waals surface area (Å²) < 4.78 is 12.5. The second-order valence-corrected chi connectivity index (χ2v) is 2.17. The maximum atomic E-state index is 12.5. The van der Waals surface area contributed by atoms with Gasteiger partial charge in [0.05, 0.1) is 6.20 Å². The average molecular weight is 147 g/mol. The lowest BCUT2D eigenvalue weighted by molar-refractivity contribution is 0.586. The van der Waals surface area contributed by atoms with Crippen molar-refractivity contribution in [1.82, 2.24) is 9.97 Å². The van der Waals surface area contributed by atoms with E-state index in [2.05, 4.69) is 16.2 Å². The van der Waals surface area contributed by atoms with E-state index in [-0.39, 0.29) is 0 Å². The second kappa shape index (κ2) is 2.27. The first-order valence-electron chi connectivity index (χ1n) is 3.13. The Bertz CT molecular complexity index is 387. The van der Waals surface area contributed by atoms with Crippen LogP contribution < -0.4 is 0 Å². The number of hydrogen-bond acceptors (Lipinski definition) is 2. The summed E-state index contributed by atoms with van der Waals surface area (Å²) in [6.07, 6.45) is 5.66. The lowest BCUT2D eigenvalue weighted by Gasteiger charge is -1.92. The Morgan fingerprint density at radius 2 is 2.18 bits per heavy atom. The van der Waals surface area contributed by atoms with Crippen LogP contribution in [-0.4, -0.2) is 9.97 Å². The zero-order valence-corrected chi connectivity index (χ0v) is 5.58. The fourth-order valence-electron chi connectivity index (χ4n) is 0.901. The van der Waals surface area contributed by atoms with Gasteiger partial charge in [-0.05, 0) is 6.07 Å². The summed E-state index contributed by atoms with van der Waals surface area (Å²) in [6, 6.07) is 3.01. The summed E-state index contributed by atoms with van der Waals surface area (Å²) in [4.78, 5) is 7.23. The van der Waals surface area contributed by atoms with Crippen molar-refractivity contribution in [2.75, 3.05) is 0 Å². The number of rotatable bonds is 0. The Labute approximate surface area is 62.7 Å². The first kappa shape index (κ1) is 6.22. The minimum Gasteiger partial charge on any atom is -0.254 e. The van der Waals surface area contributed by atoms with Crippen LogP contribution in [0.5, 0.6) is 0 Å². The molecule has 0 aliphatic heterocycles. The monoisotopic (exact) mass is 147 g/mol. The summed E-state index contributed by atoms with van der Waals surface area (Å²) in [7, 11) is 0. The number of halogens is 1. The van der Waals surface area contributed by atoms with Crippen molar-refractivity contribution in [3.05, 3.63) is 36.7 Å². The normalized spacial score (nSPS) is 10.3. The third kappa shape index (κ3) is 1.05. The maximum absolute atomic E-state index is 12.5. The van der Waals surface area contributed by atoms with Crippen LogP contribution in [0.4, 0.5) is 4.39 Å². The van der Waals surface area contributed by atoms with E-state index in [1.807, 2.05) is 0 Å². The van der Waals surface area contributed by atoms with E-state index in [4.69, 9.17) is 0 Å². The van der Waals surface area contributed by atoms with Gasteiger partial charge >= 0.3 is 0 Å². The van der Waals surface area contributed by atoms with E-state index in [0.717, 1.165) is 10.8 Å². The molecule has 0 saturated carbocycles. The summed E-state index contributed by atoms with van der Waals surface area (Å²) in [5.74, 6) is -0.481. The highest BCUT2D eigenvalue weighted by molar-refractivity contribution is 5.79. The highest BCUT2D eigenvalue weighted by Gasteiger charge is 1.94. The summed E-state index contributed by atoms with van der Waals surface area (Å²) in [6.45, 7) is 0. The van der Waals surface area contributed by atoms with Gasteiger partial charge in [0.2, 0.25) is 5.95 Å². The second-order valence-electron chi connectivity index (χ2n) is 2.17. The van der Waals surface area contributed by atoms with Crippen molar-refractivity contribution in [2.45, 2.75) is 0 Å². The molecule has 0 fully saturated rings. The van der Waals surface area contributed by atoms with Crippen LogP contribution in [0.15, 0.2) is 24.5 Å². The predicted molar refractivity (Wildman–Crippen MR) is 38.3 cm³/mol. The summed E-state index contributed by atoms with van der Waals surface area (Å²) in [5, 5.41) is 1.60. The molecule has 0 N–H and O–H groups in total. The Kier molecular flexibility index (Phi) is 1.28. The lowest BCUT2D eigenvalue weighted by Crippen LogP contribution is -1.82. The highest BCUT2D eigenvalue weighted by atomic mass is 19.1. The molecule has 0 aliphatic carbocycles. The molecule has 1 radical (unpaired) electrons. The van der Waals surface area contributed by atoms with Crippen molar-refractivity contribution >= 4 is 10.8 Å². The van der Waals surface area contributed by atoms with Crippen LogP contribution in [-0.2, 0) is 0 Å². The molecule has 0 aliphatic rings. The average Bonchev–Trinajstić information content (AvgIpc) is 2.04. The van der Waals surface area contributed by atoms with Gasteiger partial charge in [0.15, 0.2) is 0 Å². The van der Waals surface area contributed by atoms with E-state index in [1.165, 1.54) is 12.3 Å². The lowest BCUT2D eigenvalue weighted by atomic mass is 10.2. The molecule has 53 valence electrons. The van der Waals surface area contributed by atoms with Crippen molar-refractivity contribution in [2.24, 2.45) is 0 Å². The number of aromatic nitrogens is 2. The van der Waals surface area contributed by atoms with Gasteiger partial charge in [-0.25, -0.2) is 4.98 Å². The van der Waals surface area contributed by atoms with Crippen LogP contribution in [0, 0.1) is 12.1 Å². The third-order valence-electron chi connectivity index (χ3n) is 1.43. The Balaban J connectivity index is 2.83. The van der Waals surface area contributed by atoms with Gasteiger partial charge in [-0.1, -0.05) is 0 Å². The van der Waals surface area contributed by atoms with Gasteiger partial charge in [-0.15, -0.1) is 0 Å². The molecule has 0 unspecified atom stereocenters. The quantitative estimate of drug-likeness (QED) is 0.528. The zero-order chi connectivity index (χ0) is 7.68. The minimum absolute atomic E-state index is 0.481. The van der Waals surface area contributed by atoms with Gasteiger partial charge in [-0.2, -0.15) is 4.39 Å². The Hall–Kier alpha value is -1.51. The molecule has 11 heavy (non-hydrogen) atoms. The standard InChI is InChI=1S/C8H4FN2/c9-8-3-7-4-10-2-1-6(7)5-11-8/h1,3-5H. The molecule has 0 aromatic carbocycles. The molecule has 2 nitrogen and oxygen atoms in total. The molecule has 0 spiro atoms. The first-order chi connectivity index (χ1) is 5.36. The smallest absolute Gasteiger partial charge is 0.213 e. The topological polar surface area (TPSA) is 25.8 Å². The van der Waals surface area contributed by atoms with Gasteiger partial charge in [0, 0.05) is 29.2 Å². The Morgan fingerprint density at radius 3 is 3.09 bits per heavy atom. The van der Waals surface area contributed by atoms with Crippen molar-refractivity contribution in [1.29, 1.82) is 0 Å². The fraction of sp³-hybridized carbons (Fsp3) is 0. The van der Waals surface area contributed by atoms with E-state index in [9.17, 15) is 4.39 Å². The minimum atomic E-state index is -0.481. The van der Waals surface area contributed by atoms with Crippen LogP contribution in [0.1, 0.15) is 0 Å². The van der Waals surface area contributed by atoms with Crippen LogP contribution >= 0.6 is 0 Å². The molecule has 2 aromatic rings. The molecule has 0 bridgehead atoms. The number of fused-ring (bicyclic) bond motifs is 1. The molecule has 2 heterocycles. The number of hydrogen-bond donors (Lipinski definition) is 0. The van der Waals surface area contributed by atoms with Crippen molar-refractivity contribution in [3.63, 3.8) is 0 Å². The SMILES string of the molecule is Fc1cc2cn[c]cc2cn1. The molecule has 0 amide bonds. The predicted octanol–water partition coefficient (Wildman–Crippen LogP) is 1.57. The van der Waals surface area contributed by atoms with E-state index >= 15 is 0 Å².